The second kappa shape index (κ2) is 4.38. The number of amides is 1. The first kappa shape index (κ1) is 12.3. The van der Waals surface area contributed by atoms with Crippen LogP contribution in [0.25, 0.3) is 0 Å². The Hall–Kier alpha value is -0.780. The normalized spacial score (nSPS) is 32.5. The lowest BCUT2D eigenvalue weighted by atomic mass is 9.95. The molecule has 0 spiro atoms. The molecule has 1 saturated heterocycles. The summed E-state index contributed by atoms with van der Waals surface area (Å²) in [6, 6.07) is -0.269. The topological polar surface area (TPSA) is 41.1 Å². The highest BCUT2D eigenvalue weighted by Crippen LogP contribution is 2.18. The van der Waals surface area contributed by atoms with Gasteiger partial charge in [-0.1, -0.05) is 0 Å². The van der Waals surface area contributed by atoms with Crippen molar-refractivity contribution in [1.29, 1.82) is 0 Å². The maximum atomic E-state index is 12.0. The van der Waals surface area contributed by atoms with Crippen molar-refractivity contribution in [2.45, 2.75) is 51.0 Å². The van der Waals surface area contributed by atoms with Gasteiger partial charge < -0.3 is 10.6 Å². The van der Waals surface area contributed by atoms with Crippen LogP contribution in [-0.4, -0.2) is 30.2 Å². The fourth-order valence-electron chi connectivity index (χ4n) is 1.78. The largest absolute Gasteiger partial charge is 0.471 e. The van der Waals surface area contributed by atoms with Gasteiger partial charge in [0.1, 0.15) is 0 Å². The van der Waals surface area contributed by atoms with Gasteiger partial charge in [0.2, 0.25) is 0 Å². The predicted molar refractivity (Wildman–Crippen MR) is 49.3 cm³/mol. The predicted octanol–water partition coefficient (Wildman–Crippen LogP) is 1.19. The van der Waals surface area contributed by atoms with Crippen molar-refractivity contribution in [3.63, 3.8) is 0 Å². The van der Waals surface area contributed by atoms with E-state index in [2.05, 4.69) is 5.32 Å². The summed E-state index contributed by atoms with van der Waals surface area (Å²) in [4.78, 5) is 10.7. The van der Waals surface area contributed by atoms with E-state index in [0.29, 0.717) is 12.5 Å². The third-order valence-electron chi connectivity index (χ3n) is 2.64. The van der Waals surface area contributed by atoms with Crippen LogP contribution in [0.4, 0.5) is 13.2 Å². The molecule has 0 saturated carbocycles. The van der Waals surface area contributed by atoms with Crippen LogP contribution in [0.1, 0.15) is 26.7 Å². The molecule has 3 atom stereocenters. The van der Waals surface area contributed by atoms with Crippen molar-refractivity contribution in [3.05, 3.63) is 0 Å². The molecular weight excluding hydrogens is 209 g/mol. The van der Waals surface area contributed by atoms with E-state index in [1.807, 2.05) is 12.2 Å². The van der Waals surface area contributed by atoms with E-state index in [-0.39, 0.29) is 6.04 Å². The van der Waals surface area contributed by atoms with E-state index < -0.39 is 18.1 Å². The Labute approximate surface area is 86.4 Å². The number of hydrogen-bond donors (Lipinski definition) is 2. The lowest BCUT2D eigenvalue weighted by Gasteiger charge is -2.34. The zero-order valence-corrected chi connectivity index (χ0v) is 8.69. The molecule has 0 aliphatic carbocycles. The molecule has 1 aliphatic rings. The van der Waals surface area contributed by atoms with Crippen molar-refractivity contribution in [1.82, 2.24) is 10.6 Å². The van der Waals surface area contributed by atoms with Gasteiger partial charge in [-0.15, -0.1) is 0 Å². The minimum absolute atomic E-state index is 0.125. The number of carbonyl (C=O) groups excluding carboxylic acids is 1. The summed E-state index contributed by atoms with van der Waals surface area (Å²) in [5, 5.41) is 5.11. The molecule has 0 bridgehead atoms. The highest BCUT2D eigenvalue weighted by molar-refractivity contribution is 5.82. The highest BCUT2D eigenvalue weighted by Gasteiger charge is 2.40. The molecule has 3 nitrogen and oxygen atoms in total. The lowest BCUT2D eigenvalue weighted by Crippen LogP contribution is -2.56. The number of carbonyl (C=O) groups is 1. The zero-order chi connectivity index (χ0) is 11.6. The van der Waals surface area contributed by atoms with Crippen LogP contribution in [0.5, 0.6) is 0 Å². The Morgan fingerprint density at radius 3 is 2.40 bits per heavy atom. The first-order valence-corrected chi connectivity index (χ1v) is 4.94. The summed E-state index contributed by atoms with van der Waals surface area (Å²) in [5.74, 6) is -1.85. The number of halogens is 3. The molecule has 0 aromatic rings. The number of hydrogen-bond acceptors (Lipinski definition) is 2. The van der Waals surface area contributed by atoms with Crippen molar-refractivity contribution >= 4 is 5.91 Å². The molecule has 0 aromatic heterocycles. The number of nitrogens with one attached hydrogen (secondary N) is 2. The SMILES string of the molecule is CC1CCC(NC(=O)C(F)(F)F)C(C)N1. The van der Waals surface area contributed by atoms with Gasteiger partial charge >= 0.3 is 12.1 Å². The van der Waals surface area contributed by atoms with Crippen LogP contribution in [0.3, 0.4) is 0 Å². The summed E-state index contributed by atoms with van der Waals surface area (Å²) in [6.45, 7) is 3.75. The molecule has 1 amide bonds. The van der Waals surface area contributed by atoms with Crippen LogP contribution in [0.15, 0.2) is 0 Å². The average molecular weight is 224 g/mol. The van der Waals surface area contributed by atoms with Crippen LogP contribution < -0.4 is 10.6 Å². The molecule has 1 fully saturated rings. The van der Waals surface area contributed by atoms with Gasteiger partial charge in [0.25, 0.3) is 0 Å². The van der Waals surface area contributed by atoms with Crippen LogP contribution >= 0.6 is 0 Å². The Kier molecular flexibility index (Phi) is 3.59. The van der Waals surface area contributed by atoms with Crippen molar-refractivity contribution in [2.75, 3.05) is 0 Å². The molecule has 88 valence electrons. The molecular formula is C9H15F3N2O. The average Bonchev–Trinajstić information content (AvgIpc) is 2.08. The molecule has 3 unspecified atom stereocenters. The Morgan fingerprint density at radius 1 is 1.33 bits per heavy atom. The minimum Gasteiger partial charge on any atom is -0.344 e. The van der Waals surface area contributed by atoms with E-state index in [1.54, 1.807) is 6.92 Å². The monoisotopic (exact) mass is 224 g/mol. The van der Waals surface area contributed by atoms with Gasteiger partial charge in [-0.25, -0.2) is 0 Å². The van der Waals surface area contributed by atoms with Crippen molar-refractivity contribution < 1.29 is 18.0 Å². The maximum absolute atomic E-state index is 12.0. The number of rotatable bonds is 1. The summed E-state index contributed by atoms with van der Waals surface area (Å²) >= 11 is 0. The molecule has 0 radical (unpaired) electrons. The van der Waals surface area contributed by atoms with Crippen LogP contribution in [-0.2, 0) is 4.79 Å². The Bertz CT molecular complexity index is 242. The Morgan fingerprint density at radius 2 is 1.93 bits per heavy atom. The van der Waals surface area contributed by atoms with Crippen LogP contribution in [0.2, 0.25) is 0 Å². The third-order valence-corrected chi connectivity index (χ3v) is 2.64. The summed E-state index contributed by atoms with van der Waals surface area (Å²) in [5.41, 5.74) is 0. The molecule has 1 rings (SSSR count). The first-order chi connectivity index (χ1) is 6.80. The standard InChI is InChI=1S/C9H15F3N2O/c1-5-3-4-7(6(2)13-5)14-8(15)9(10,11)12/h5-7,13H,3-4H2,1-2H3,(H,14,15). The first-order valence-electron chi connectivity index (χ1n) is 4.94. The van der Waals surface area contributed by atoms with Gasteiger partial charge in [0.05, 0.1) is 0 Å². The van der Waals surface area contributed by atoms with Gasteiger partial charge in [0.15, 0.2) is 0 Å². The second-order valence-corrected chi connectivity index (χ2v) is 4.01. The molecule has 1 heterocycles. The third kappa shape index (κ3) is 3.37. The van der Waals surface area contributed by atoms with Crippen molar-refractivity contribution in [2.24, 2.45) is 0 Å². The highest BCUT2D eigenvalue weighted by atomic mass is 19.4. The molecule has 0 aromatic carbocycles. The quantitative estimate of drug-likeness (QED) is 0.702. The van der Waals surface area contributed by atoms with Gasteiger partial charge in [0, 0.05) is 18.1 Å². The van der Waals surface area contributed by atoms with E-state index >= 15 is 0 Å². The fraction of sp³-hybridized carbons (Fsp3) is 0.889. The van der Waals surface area contributed by atoms with E-state index in [9.17, 15) is 18.0 Å². The van der Waals surface area contributed by atoms with E-state index in [4.69, 9.17) is 0 Å². The smallest absolute Gasteiger partial charge is 0.344 e. The summed E-state index contributed by atoms with van der Waals surface area (Å²) in [6.07, 6.45) is -3.44. The zero-order valence-electron chi connectivity index (χ0n) is 8.69. The van der Waals surface area contributed by atoms with E-state index in [0.717, 1.165) is 6.42 Å². The maximum Gasteiger partial charge on any atom is 0.471 e. The summed E-state index contributed by atoms with van der Waals surface area (Å²) in [7, 11) is 0. The van der Waals surface area contributed by atoms with E-state index in [1.165, 1.54) is 0 Å². The molecule has 2 N–H and O–H groups in total. The molecule has 1 aliphatic heterocycles. The second-order valence-electron chi connectivity index (χ2n) is 4.01. The van der Waals surface area contributed by atoms with Gasteiger partial charge in [-0.05, 0) is 26.7 Å². The number of piperidine rings is 1. The summed E-state index contributed by atoms with van der Waals surface area (Å²) < 4.78 is 35.9. The molecule has 6 heteroatoms. The lowest BCUT2D eigenvalue weighted by molar-refractivity contribution is -0.174. The Balaban J connectivity index is 2.49. The van der Waals surface area contributed by atoms with Gasteiger partial charge in [-0.2, -0.15) is 13.2 Å². The number of alkyl halides is 3. The fourth-order valence-corrected chi connectivity index (χ4v) is 1.78. The molecule has 15 heavy (non-hydrogen) atoms. The van der Waals surface area contributed by atoms with Gasteiger partial charge in [-0.3, -0.25) is 4.79 Å². The minimum atomic E-state index is -4.79. The van der Waals surface area contributed by atoms with Crippen LogP contribution in [0, 0.1) is 0 Å². The van der Waals surface area contributed by atoms with Crippen molar-refractivity contribution in [3.8, 4) is 0 Å².